The number of fused-ring (bicyclic) bond motifs is 1. The summed E-state index contributed by atoms with van der Waals surface area (Å²) in [5, 5.41) is 10.8. The molecule has 38 heavy (non-hydrogen) atoms. The second kappa shape index (κ2) is 10.4. The molecule has 1 amide bonds. The number of nitrogens with zero attached hydrogens (tertiary/aromatic N) is 6. The smallest absolute Gasteiger partial charge is 0.292 e. The van der Waals surface area contributed by atoms with Gasteiger partial charge >= 0.3 is 0 Å². The zero-order valence-corrected chi connectivity index (χ0v) is 21.4. The van der Waals surface area contributed by atoms with Crippen LogP contribution >= 0.6 is 0 Å². The van der Waals surface area contributed by atoms with E-state index in [9.17, 15) is 13.6 Å². The maximum atomic E-state index is 13.5. The summed E-state index contributed by atoms with van der Waals surface area (Å²) in [4.78, 5) is 23.4. The maximum Gasteiger partial charge on any atom is 0.292 e. The number of carbonyl (C=O) groups is 1. The molecule has 12 heteroatoms. The number of amides is 1. The molecule has 1 aliphatic heterocycles. The first-order chi connectivity index (χ1) is 18.2. The van der Waals surface area contributed by atoms with E-state index < -0.39 is 24.2 Å². The molecule has 0 unspecified atom stereocenters. The van der Waals surface area contributed by atoms with Crippen molar-refractivity contribution in [2.45, 2.75) is 45.6 Å². The lowest BCUT2D eigenvalue weighted by atomic mass is 9.97. The molecule has 1 saturated heterocycles. The van der Waals surface area contributed by atoms with E-state index in [2.05, 4.69) is 30.4 Å². The summed E-state index contributed by atoms with van der Waals surface area (Å²) in [5.74, 6) is -0.309. The first-order valence-electron chi connectivity index (χ1n) is 12.4. The van der Waals surface area contributed by atoms with Gasteiger partial charge in [0.25, 0.3) is 11.7 Å². The zero-order chi connectivity index (χ0) is 26.9. The molecule has 1 aliphatic rings. The highest BCUT2D eigenvalue weighted by Gasteiger charge is 2.24. The van der Waals surface area contributed by atoms with Crippen LogP contribution in [0.4, 0.5) is 14.5 Å². The van der Waals surface area contributed by atoms with Crippen LogP contribution in [0, 0.1) is 0 Å². The van der Waals surface area contributed by atoms with Crippen LogP contribution in [0.1, 0.15) is 48.4 Å². The van der Waals surface area contributed by atoms with Crippen molar-refractivity contribution in [1.82, 2.24) is 30.1 Å². The number of morpholine rings is 1. The predicted molar refractivity (Wildman–Crippen MR) is 135 cm³/mol. The maximum absolute atomic E-state index is 13.5. The second-order valence-corrected chi connectivity index (χ2v) is 10.2. The monoisotopic (exact) mass is 525 g/mol. The molecular weight excluding hydrogens is 496 g/mol. The molecule has 0 bridgehead atoms. The summed E-state index contributed by atoms with van der Waals surface area (Å²) >= 11 is 0. The van der Waals surface area contributed by atoms with E-state index in [1.165, 1.54) is 6.33 Å². The summed E-state index contributed by atoms with van der Waals surface area (Å²) in [5.41, 5.74) is 3.66. The fraction of sp³-hybridized carbons (Fsp3) is 0.423. The van der Waals surface area contributed by atoms with Gasteiger partial charge in [-0.15, -0.1) is 0 Å². The van der Waals surface area contributed by atoms with Crippen molar-refractivity contribution in [3.05, 3.63) is 59.6 Å². The van der Waals surface area contributed by atoms with E-state index in [0.29, 0.717) is 41.5 Å². The van der Waals surface area contributed by atoms with E-state index in [4.69, 9.17) is 9.26 Å². The van der Waals surface area contributed by atoms with Gasteiger partial charge in [0.15, 0.2) is 0 Å². The van der Waals surface area contributed by atoms with Crippen molar-refractivity contribution in [3.8, 4) is 11.3 Å². The minimum Gasteiger partial charge on any atom is -0.378 e. The third kappa shape index (κ3) is 5.49. The summed E-state index contributed by atoms with van der Waals surface area (Å²) in [6.45, 7) is 8.58. The van der Waals surface area contributed by atoms with Crippen molar-refractivity contribution < 1.29 is 22.8 Å². The standard InChI is InChI=1S/C26H29F2N7O3/c1-26(2,3)25-32-23(33-38-25)24(36)29-13-17-5-4-16(10-18(17)11-21(27)28)22-20-12-19(14-35(20)31-15-30-22)34-6-8-37-9-7-34/h4-5,10,12,14-15,21H,6-9,11,13H2,1-3H3,(H,29,36). The normalized spacial score (nSPS) is 14.4. The Morgan fingerprint density at radius 2 is 1.95 bits per heavy atom. The molecule has 1 fully saturated rings. The number of rotatable bonds is 7. The van der Waals surface area contributed by atoms with Gasteiger partial charge in [-0.3, -0.25) is 4.79 Å². The third-order valence-corrected chi connectivity index (χ3v) is 6.33. The van der Waals surface area contributed by atoms with Crippen molar-refractivity contribution in [3.63, 3.8) is 0 Å². The first kappa shape index (κ1) is 25.7. The number of hydrogen-bond donors (Lipinski definition) is 1. The molecule has 0 saturated carbocycles. The minimum atomic E-state index is -2.56. The first-order valence-corrected chi connectivity index (χ1v) is 12.4. The number of nitrogens with one attached hydrogen (secondary N) is 1. The van der Waals surface area contributed by atoms with E-state index in [1.807, 2.05) is 39.1 Å². The molecule has 3 aromatic heterocycles. The Balaban J connectivity index is 1.40. The Morgan fingerprint density at radius 1 is 1.16 bits per heavy atom. The number of anilines is 1. The number of benzene rings is 1. The third-order valence-electron chi connectivity index (χ3n) is 6.33. The number of ether oxygens (including phenoxy) is 1. The Morgan fingerprint density at radius 3 is 2.66 bits per heavy atom. The van der Waals surface area contributed by atoms with Gasteiger partial charge in [-0.2, -0.15) is 10.1 Å². The lowest BCUT2D eigenvalue weighted by Crippen LogP contribution is -2.35. The molecule has 0 spiro atoms. The van der Waals surface area contributed by atoms with Crippen LogP contribution in [0.5, 0.6) is 0 Å². The Hall–Kier alpha value is -3.93. The van der Waals surface area contributed by atoms with Crippen molar-refractivity contribution in [1.29, 1.82) is 0 Å². The number of aromatic nitrogens is 5. The van der Waals surface area contributed by atoms with Gasteiger partial charge in [-0.05, 0) is 23.3 Å². The summed E-state index contributed by atoms with van der Waals surface area (Å²) < 4.78 is 39.4. The Kier molecular flexibility index (Phi) is 7.06. The van der Waals surface area contributed by atoms with Crippen LogP contribution in [-0.4, -0.2) is 63.4 Å². The summed E-state index contributed by atoms with van der Waals surface area (Å²) in [6.07, 6.45) is 0.358. The van der Waals surface area contributed by atoms with Crippen molar-refractivity contribution in [2.24, 2.45) is 0 Å². The average Bonchev–Trinajstić information content (AvgIpc) is 3.56. The Labute approximate surface area is 218 Å². The zero-order valence-electron chi connectivity index (χ0n) is 21.4. The van der Waals surface area contributed by atoms with E-state index in [1.54, 1.807) is 16.6 Å². The molecule has 200 valence electrons. The summed E-state index contributed by atoms with van der Waals surface area (Å²) in [7, 11) is 0. The molecular formula is C26H29F2N7O3. The molecule has 5 rings (SSSR count). The largest absolute Gasteiger partial charge is 0.378 e. The summed E-state index contributed by atoms with van der Waals surface area (Å²) in [6, 6.07) is 7.24. The average molecular weight is 526 g/mol. The molecule has 4 aromatic rings. The van der Waals surface area contributed by atoms with E-state index in [0.717, 1.165) is 24.3 Å². The fourth-order valence-electron chi connectivity index (χ4n) is 4.31. The molecule has 10 nitrogen and oxygen atoms in total. The highest BCUT2D eigenvalue weighted by atomic mass is 19.3. The molecule has 1 aromatic carbocycles. The van der Waals surface area contributed by atoms with Crippen LogP contribution in [0.15, 0.2) is 41.3 Å². The minimum absolute atomic E-state index is 0.0338. The SMILES string of the molecule is CC(C)(C)c1nc(C(=O)NCc2ccc(-c3ncnn4cc(N5CCOCC5)cc34)cc2CC(F)F)no1. The number of halogens is 2. The fourth-order valence-corrected chi connectivity index (χ4v) is 4.31. The van der Waals surface area contributed by atoms with Gasteiger partial charge in [0.1, 0.15) is 6.33 Å². The van der Waals surface area contributed by atoms with Crippen LogP contribution in [-0.2, 0) is 23.1 Å². The second-order valence-electron chi connectivity index (χ2n) is 10.2. The molecule has 0 aliphatic carbocycles. The quantitative estimate of drug-likeness (QED) is 0.389. The van der Waals surface area contributed by atoms with Gasteiger partial charge in [-0.1, -0.05) is 38.1 Å². The van der Waals surface area contributed by atoms with Gasteiger partial charge in [0, 0.05) is 37.0 Å². The predicted octanol–water partition coefficient (Wildman–Crippen LogP) is 3.65. The highest BCUT2D eigenvalue weighted by Crippen LogP contribution is 2.29. The van der Waals surface area contributed by atoms with Gasteiger partial charge in [0.05, 0.1) is 36.3 Å². The lowest BCUT2D eigenvalue weighted by Gasteiger charge is -2.27. The van der Waals surface area contributed by atoms with Crippen LogP contribution < -0.4 is 10.2 Å². The molecule has 0 atom stereocenters. The van der Waals surface area contributed by atoms with Crippen LogP contribution in [0.3, 0.4) is 0 Å². The van der Waals surface area contributed by atoms with Crippen LogP contribution in [0.25, 0.3) is 16.8 Å². The molecule has 4 heterocycles. The van der Waals surface area contributed by atoms with E-state index in [-0.39, 0.29) is 12.4 Å². The van der Waals surface area contributed by atoms with Crippen molar-refractivity contribution >= 4 is 17.1 Å². The van der Waals surface area contributed by atoms with Gasteiger partial charge in [0.2, 0.25) is 12.3 Å². The molecule has 0 radical (unpaired) electrons. The van der Waals surface area contributed by atoms with Gasteiger partial charge in [-0.25, -0.2) is 18.3 Å². The number of alkyl halides is 2. The molecule has 1 N–H and O–H groups in total. The topological polar surface area (TPSA) is 111 Å². The lowest BCUT2D eigenvalue weighted by molar-refractivity contribution is 0.0937. The highest BCUT2D eigenvalue weighted by molar-refractivity contribution is 5.90. The van der Waals surface area contributed by atoms with Crippen LogP contribution in [0.2, 0.25) is 0 Å². The Bertz CT molecular complexity index is 1440. The number of hydrogen-bond acceptors (Lipinski definition) is 8. The van der Waals surface area contributed by atoms with E-state index >= 15 is 0 Å². The van der Waals surface area contributed by atoms with Gasteiger partial charge < -0.3 is 19.5 Å². The number of carbonyl (C=O) groups excluding carboxylic acids is 1. The van der Waals surface area contributed by atoms with Crippen molar-refractivity contribution in [2.75, 3.05) is 31.2 Å².